The van der Waals surface area contributed by atoms with E-state index in [0.29, 0.717) is 13.1 Å². The highest BCUT2D eigenvalue weighted by Gasteiger charge is 2.45. The molecule has 0 aliphatic carbocycles. The third-order valence-corrected chi connectivity index (χ3v) is 6.62. The summed E-state index contributed by atoms with van der Waals surface area (Å²) in [5, 5.41) is 5.91. The van der Waals surface area contributed by atoms with Gasteiger partial charge < -0.3 is 10.2 Å². The highest BCUT2D eigenvalue weighted by molar-refractivity contribution is 7.13. The van der Waals surface area contributed by atoms with Crippen LogP contribution in [0.3, 0.4) is 0 Å². The average molecular weight is 444 g/mol. The lowest BCUT2D eigenvalue weighted by Crippen LogP contribution is -2.48. The van der Waals surface area contributed by atoms with Crippen LogP contribution >= 0.6 is 22.9 Å². The molecule has 2 aliphatic heterocycles. The number of thiazole rings is 1. The van der Waals surface area contributed by atoms with Crippen molar-refractivity contribution in [1.29, 1.82) is 0 Å². The number of carbonyl (C=O) groups is 1. The molecule has 0 saturated carbocycles. The second kappa shape index (κ2) is 7.94. The van der Waals surface area contributed by atoms with E-state index in [9.17, 15) is 9.18 Å². The van der Waals surface area contributed by atoms with Crippen LogP contribution in [-0.4, -0.2) is 50.8 Å². The van der Waals surface area contributed by atoms with Crippen molar-refractivity contribution in [3.63, 3.8) is 0 Å². The molecule has 0 spiro atoms. The third kappa shape index (κ3) is 3.66. The van der Waals surface area contributed by atoms with Crippen LogP contribution in [0.25, 0.3) is 0 Å². The number of nitrogens with zero attached hydrogens (tertiary/aromatic N) is 4. The summed E-state index contributed by atoms with van der Waals surface area (Å²) in [4.78, 5) is 25.9. The summed E-state index contributed by atoms with van der Waals surface area (Å²) in [6.45, 7) is 2.05. The maximum Gasteiger partial charge on any atom is 0.257 e. The molecule has 1 amide bonds. The molecular formula is C21H19ClFN5OS. The molecule has 0 radical (unpaired) electrons. The van der Waals surface area contributed by atoms with E-state index in [4.69, 9.17) is 11.6 Å². The molecule has 154 valence electrons. The molecule has 2 fully saturated rings. The number of anilines is 2. The summed E-state index contributed by atoms with van der Waals surface area (Å²) in [6, 6.07) is 10.8. The molecule has 6 nitrogen and oxygen atoms in total. The van der Waals surface area contributed by atoms with Gasteiger partial charge >= 0.3 is 0 Å². The SMILES string of the molecule is O=C(c1cccc(Cl)c1F)N1C[C@H]2C[C@@H]1CN2Cc1cccc(Nc2nccs2)n1. The average Bonchev–Trinajstić information content (AvgIpc) is 3.47. The molecule has 2 bridgehead atoms. The molecule has 4 heterocycles. The van der Waals surface area contributed by atoms with Gasteiger partial charge in [-0.05, 0) is 30.7 Å². The lowest BCUT2D eigenvalue weighted by molar-refractivity contribution is 0.0610. The van der Waals surface area contributed by atoms with Crippen LogP contribution in [-0.2, 0) is 6.54 Å². The third-order valence-electron chi connectivity index (χ3n) is 5.64. The monoisotopic (exact) mass is 443 g/mol. The number of halogens is 2. The minimum absolute atomic E-state index is 0.0239. The van der Waals surface area contributed by atoms with Crippen LogP contribution in [0, 0.1) is 5.82 Å². The lowest BCUT2D eigenvalue weighted by atomic mass is 10.1. The molecule has 2 saturated heterocycles. The number of pyridine rings is 1. The Hall–Kier alpha value is -2.55. The number of hydrogen-bond acceptors (Lipinski definition) is 6. The number of aromatic nitrogens is 2. The minimum atomic E-state index is -0.641. The summed E-state index contributed by atoms with van der Waals surface area (Å²) < 4.78 is 14.3. The van der Waals surface area contributed by atoms with E-state index in [1.54, 1.807) is 17.2 Å². The Morgan fingerprint density at radius 3 is 2.87 bits per heavy atom. The Morgan fingerprint density at radius 2 is 2.10 bits per heavy atom. The number of carbonyl (C=O) groups excluding carboxylic acids is 1. The van der Waals surface area contributed by atoms with E-state index >= 15 is 0 Å². The van der Waals surface area contributed by atoms with Crippen molar-refractivity contribution < 1.29 is 9.18 Å². The predicted molar refractivity (Wildman–Crippen MR) is 115 cm³/mol. The van der Waals surface area contributed by atoms with E-state index in [1.807, 2.05) is 23.6 Å². The maximum absolute atomic E-state index is 14.3. The van der Waals surface area contributed by atoms with Crippen molar-refractivity contribution in [2.75, 3.05) is 18.4 Å². The number of likely N-dealkylation sites (tertiary alicyclic amines) is 2. The van der Waals surface area contributed by atoms with Gasteiger partial charge in [0.2, 0.25) is 0 Å². The first kappa shape index (κ1) is 19.4. The Bertz CT molecular complexity index is 1080. The molecule has 30 heavy (non-hydrogen) atoms. The summed E-state index contributed by atoms with van der Waals surface area (Å²) in [6.07, 6.45) is 2.64. The van der Waals surface area contributed by atoms with Gasteiger partial charge in [-0.25, -0.2) is 14.4 Å². The van der Waals surface area contributed by atoms with Crippen LogP contribution in [0.15, 0.2) is 48.0 Å². The van der Waals surface area contributed by atoms with E-state index < -0.39 is 5.82 Å². The summed E-state index contributed by atoms with van der Waals surface area (Å²) in [5.41, 5.74) is 1.01. The molecule has 1 aromatic carbocycles. The van der Waals surface area contributed by atoms with Crippen LogP contribution < -0.4 is 5.32 Å². The van der Waals surface area contributed by atoms with Crippen LogP contribution in [0.2, 0.25) is 5.02 Å². The molecule has 2 aromatic heterocycles. The normalized spacial score (nSPS) is 20.7. The number of hydrogen-bond donors (Lipinski definition) is 1. The summed E-state index contributed by atoms with van der Waals surface area (Å²) in [7, 11) is 0. The number of nitrogens with one attached hydrogen (secondary N) is 1. The molecule has 2 aliphatic rings. The fourth-order valence-electron chi connectivity index (χ4n) is 4.26. The van der Waals surface area contributed by atoms with Gasteiger partial charge in [-0.2, -0.15) is 0 Å². The van der Waals surface area contributed by atoms with Crippen molar-refractivity contribution in [2.45, 2.75) is 25.0 Å². The van der Waals surface area contributed by atoms with Gasteiger partial charge in [0.25, 0.3) is 5.91 Å². The minimum Gasteiger partial charge on any atom is -0.333 e. The number of rotatable bonds is 5. The Balaban J connectivity index is 1.24. The molecule has 9 heteroatoms. The Kier molecular flexibility index (Phi) is 5.14. The van der Waals surface area contributed by atoms with Crippen LogP contribution in [0.4, 0.5) is 15.3 Å². The quantitative estimate of drug-likeness (QED) is 0.641. The number of amides is 1. The van der Waals surface area contributed by atoms with Crippen molar-refractivity contribution in [3.05, 3.63) is 70.1 Å². The van der Waals surface area contributed by atoms with Crippen molar-refractivity contribution in [3.8, 4) is 0 Å². The van der Waals surface area contributed by atoms with E-state index in [0.717, 1.165) is 29.6 Å². The summed E-state index contributed by atoms with van der Waals surface area (Å²) >= 11 is 7.37. The van der Waals surface area contributed by atoms with Gasteiger partial charge in [0.05, 0.1) is 16.3 Å². The van der Waals surface area contributed by atoms with Gasteiger partial charge in [-0.15, -0.1) is 11.3 Å². The van der Waals surface area contributed by atoms with Gasteiger partial charge in [-0.3, -0.25) is 9.69 Å². The van der Waals surface area contributed by atoms with E-state index in [1.165, 1.54) is 23.5 Å². The van der Waals surface area contributed by atoms with Gasteiger partial charge in [-0.1, -0.05) is 23.7 Å². The molecular weight excluding hydrogens is 425 g/mol. The van der Waals surface area contributed by atoms with Crippen molar-refractivity contribution >= 4 is 39.8 Å². The highest BCUT2D eigenvalue weighted by Crippen LogP contribution is 2.33. The zero-order valence-electron chi connectivity index (χ0n) is 16.0. The topological polar surface area (TPSA) is 61.4 Å². The number of fused-ring (bicyclic) bond motifs is 2. The van der Waals surface area contributed by atoms with Gasteiger partial charge in [0, 0.05) is 43.3 Å². The first-order chi connectivity index (χ1) is 14.6. The first-order valence-corrected chi connectivity index (χ1v) is 11.0. The lowest BCUT2D eigenvalue weighted by Gasteiger charge is -2.34. The fourth-order valence-corrected chi connectivity index (χ4v) is 4.97. The van der Waals surface area contributed by atoms with Crippen molar-refractivity contribution in [2.24, 2.45) is 0 Å². The second-order valence-corrected chi connectivity index (χ2v) is 8.81. The molecule has 0 unspecified atom stereocenters. The largest absolute Gasteiger partial charge is 0.333 e. The Labute approximate surface area is 182 Å². The molecule has 5 rings (SSSR count). The predicted octanol–water partition coefficient (Wildman–Crippen LogP) is 4.17. The van der Waals surface area contributed by atoms with Gasteiger partial charge in [0.1, 0.15) is 5.82 Å². The number of benzene rings is 1. The Morgan fingerprint density at radius 1 is 1.23 bits per heavy atom. The summed E-state index contributed by atoms with van der Waals surface area (Å²) in [5.74, 6) is -0.160. The molecule has 3 aromatic rings. The highest BCUT2D eigenvalue weighted by atomic mass is 35.5. The zero-order chi connectivity index (χ0) is 20.7. The maximum atomic E-state index is 14.3. The van der Waals surface area contributed by atoms with E-state index in [2.05, 4.69) is 20.2 Å². The van der Waals surface area contributed by atoms with Crippen LogP contribution in [0.1, 0.15) is 22.5 Å². The smallest absolute Gasteiger partial charge is 0.257 e. The molecule has 1 N–H and O–H groups in total. The van der Waals surface area contributed by atoms with Gasteiger partial charge in [0.15, 0.2) is 10.9 Å². The first-order valence-electron chi connectivity index (χ1n) is 9.70. The number of piperazine rings is 1. The van der Waals surface area contributed by atoms with Crippen LogP contribution in [0.5, 0.6) is 0 Å². The molecule has 2 atom stereocenters. The van der Waals surface area contributed by atoms with E-state index in [-0.39, 0.29) is 28.6 Å². The van der Waals surface area contributed by atoms with Crippen molar-refractivity contribution in [1.82, 2.24) is 19.8 Å². The zero-order valence-corrected chi connectivity index (χ0v) is 17.5. The second-order valence-electron chi connectivity index (χ2n) is 7.51. The standard InChI is InChI=1S/C21H19ClFN5OS/c22-17-5-2-4-16(19(17)23)20(29)28-12-14-9-15(28)11-27(14)10-13-3-1-6-18(25-13)26-21-24-7-8-30-21/h1-8,14-15H,9-12H2,(H,24,25,26)/t14-,15-/m1/s1. The fraction of sp³-hybridized carbons (Fsp3) is 0.286.